The van der Waals surface area contributed by atoms with Gasteiger partial charge in [0.25, 0.3) is 11.8 Å². The summed E-state index contributed by atoms with van der Waals surface area (Å²) in [7, 11) is 0. The largest absolute Gasteiger partial charge is 0.480 e. The summed E-state index contributed by atoms with van der Waals surface area (Å²) < 4.78 is 5.48. The van der Waals surface area contributed by atoms with E-state index < -0.39 is 41.9 Å². The molecule has 1 heterocycles. The predicted octanol–water partition coefficient (Wildman–Crippen LogP) is 1.37. The maximum atomic E-state index is 12.4. The third kappa shape index (κ3) is 5.13. The van der Waals surface area contributed by atoms with E-state index in [1.54, 1.807) is 25.1 Å². The van der Waals surface area contributed by atoms with E-state index in [1.165, 1.54) is 0 Å². The number of fused-ring (bicyclic) bond motifs is 1. The molecule has 27 heavy (non-hydrogen) atoms. The Kier molecular flexibility index (Phi) is 6.00. The van der Waals surface area contributed by atoms with Crippen molar-refractivity contribution in [1.82, 2.24) is 10.2 Å². The van der Waals surface area contributed by atoms with Crippen LogP contribution in [0.3, 0.4) is 0 Å². The lowest BCUT2D eigenvalue weighted by Crippen LogP contribution is -2.47. The number of hydrogen-bond acceptors (Lipinski definition) is 5. The van der Waals surface area contributed by atoms with Gasteiger partial charge in [0.2, 0.25) is 5.91 Å². The van der Waals surface area contributed by atoms with Gasteiger partial charge in [-0.3, -0.25) is 19.3 Å². The van der Waals surface area contributed by atoms with Crippen LogP contribution in [0.1, 0.15) is 53.5 Å². The normalized spacial score (nSPS) is 14.9. The van der Waals surface area contributed by atoms with Crippen LogP contribution in [0.2, 0.25) is 0 Å². The second kappa shape index (κ2) is 7.87. The number of nitrogens with one attached hydrogen (secondary N) is 1. The lowest BCUT2D eigenvalue weighted by atomic mass is 10.1. The molecule has 0 saturated heterocycles. The van der Waals surface area contributed by atoms with Crippen LogP contribution in [-0.2, 0) is 14.3 Å². The molecule has 0 aromatic heterocycles. The molecule has 2 rings (SSSR count). The maximum absolute atomic E-state index is 12.4. The van der Waals surface area contributed by atoms with Crippen molar-refractivity contribution in [2.45, 2.75) is 45.8 Å². The number of carbonyl (C=O) groups is 4. The Morgan fingerprint density at radius 1 is 1.19 bits per heavy atom. The molecular formula is C19H24N2O6. The van der Waals surface area contributed by atoms with Gasteiger partial charge in [-0.15, -0.1) is 0 Å². The molecule has 8 heteroatoms. The van der Waals surface area contributed by atoms with Crippen molar-refractivity contribution in [3.63, 3.8) is 0 Å². The van der Waals surface area contributed by atoms with Gasteiger partial charge in [-0.05, 0) is 39.8 Å². The Balaban J connectivity index is 1.99. The first-order valence-corrected chi connectivity index (χ1v) is 8.62. The first-order chi connectivity index (χ1) is 12.5. The first kappa shape index (κ1) is 20.6. The second-order valence-corrected chi connectivity index (χ2v) is 7.45. The van der Waals surface area contributed by atoms with Gasteiger partial charge >= 0.3 is 5.97 Å². The molecule has 1 atom stereocenters. The summed E-state index contributed by atoms with van der Waals surface area (Å²) in [5.41, 5.74) is 0.893. The lowest BCUT2D eigenvalue weighted by molar-refractivity contribution is -0.142. The standard InChI is InChI=1S/C19H24N2O6/c1-11-5-6-12-13(9-11)17(24)21(16(12)23)10-15(22)20-14(18(25)26)7-8-27-19(2,3)4/h5-6,9,14H,7-8,10H2,1-4H3,(H,20,22)(H,25,26). The highest BCUT2D eigenvalue weighted by Crippen LogP contribution is 2.23. The summed E-state index contributed by atoms with van der Waals surface area (Å²) in [6, 6.07) is 3.69. The summed E-state index contributed by atoms with van der Waals surface area (Å²) in [6.45, 7) is 6.93. The van der Waals surface area contributed by atoms with E-state index in [-0.39, 0.29) is 24.2 Å². The minimum atomic E-state index is -1.21. The number of carboxylic acid groups (broad SMARTS) is 1. The van der Waals surface area contributed by atoms with Crippen LogP contribution in [-0.4, -0.2) is 58.5 Å². The highest BCUT2D eigenvalue weighted by atomic mass is 16.5. The quantitative estimate of drug-likeness (QED) is 0.695. The van der Waals surface area contributed by atoms with Gasteiger partial charge in [0.05, 0.1) is 16.7 Å². The molecule has 0 bridgehead atoms. The molecule has 2 N–H and O–H groups in total. The van der Waals surface area contributed by atoms with Gasteiger partial charge in [0.1, 0.15) is 12.6 Å². The maximum Gasteiger partial charge on any atom is 0.326 e. The third-order valence-electron chi connectivity index (χ3n) is 4.00. The van der Waals surface area contributed by atoms with Crippen molar-refractivity contribution in [1.29, 1.82) is 0 Å². The predicted molar refractivity (Wildman–Crippen MR) is 96.4 cm³/mol. The van der Waals surface area contributed by atoms with Gasteiger partial charge in [-0.2, -0.15) is 0 Å². The Hall–Kier alpha value is -2.74. The SMILES string of the molecule is Cc1ccc2c(c1)C(=O)N(CC(=O)NC(CCOC(C)(C)C)C(=O)O)C2=O. The number of benzene rings is 1. The molecular weight excluding hydrogens is 352 g/mol. The molecule has 8 nitrogen and oxygen atoms in total. The van der Waals surface area contributed by atoms with Crippen LogP contribution < -0.4 is 5.32 Å². The topological polar surface area (TPSA) is 113 Å². The van der Waals surface area contributed by atoms with Crippen LogP contribution in [0, 0.1) is 6.92 Å². The Morgan fingerprint density at radius 2 is 1.81 bits per heavy atom. The van der Waals surface area contributed by atoms with Gasteiger partial charge in [-0.1, -0.05) is 11.6 Å². The summed E-state index contributed by atoms with van der Waals surface area (Å²) in [6.07, 6.45) is 0.0691. The number of imide groups is 1. The average molecular weight is 376 g/mol. The van der Waals surface area contributed by atoms with E-state index in [0.29, 0.717) is 0 Å². The first-order valence-electron chi connectivity index (χ1n) is 8.62. The van der Waals surface area contributed by atoms with E-state index in [4.69, 9.17) is 4.74 Å². The summed E-state index contributed by atoms with van der Waals surface area (Å²) in [5.74, 6) is -3.05. The zero-order valence-corrected chi connectivity index (χ0v) is 15.9. The number of ether oxygens (including phenoxy) is 1. The van der Waals surface area contributed by atoms with Crippen LogP contribution >= 0.6 is 0 Å². The van der Waals surface area contributed by atoms with Gasteiger partial charge in [-0.25, -0.2) is 4.79 Å². The van der Waals surface area contributed by atoms with Crippen LogP contribution in [0.15, 0.2) is 18.2 Å². The lowest BCUT2D eigenvalue weighted by Gasteiger charge is -2.22. The van der Waals surface area contributed by atoms with E-state index >= 15 is 0 Å². The molecule has 1 aromatic carbocycles. The van der Waals surface area contributed by atoms with Crippen molar-refractivity contribution in [3.8, 4) is 0 Å². The molecule has 0 saturated carbocycles. The van der Waals surface area contributed by atoms with E-state index in [1.807, 2.05) is 20.8 Å². The van der Waals surface area contributed by atoms with Gasteiger partial charge < -0.3 is 15.2 Å². The molecule has 3 amide bonds. The number of nitrogens with zero attached hydrogens (tertiary/aromatic N) is 1. The fourth-order valence-electron chi connectivity index (χ4n) is 2.67. The molecule has 1 aromatic rings. The Labute approximate surface area is 157 Å². The van der Waals surface area contributed by atoms with E-state index in [2.05, 4.69) is 5.32 Å². The minimum Gasteiger partial charge on any atom is -0.480 e. The average Bonchev–Trinajstić information content (AvgIpc) is 2.77. The number of rotatable bonds is 7. The number of aliphatic carboxylic acids is 1. The monoisotopic (exact) mass is 376 g/mol. The molecule has 0 radical (unpaired) electrons. The number of hydrogen-bond donors (Lipinski definition) is 2. The third-order valence-corrected chi connectivity index (χ3v) is 4.00. The van der Waals surface area contributed by atoms with Crippen molar-refractivity contribution < 1.29 is 29.0 Å². The zero-order chi connectivity index (χ0) is 20.4. The zero-order valence-electron chi connectivity index (χ0n) is 15.9. The molecule has 146 valence electrons. The summed E-state index contributed by atoms with van der Waals surface area (Å²) in [4.78, 5) is 49.1. The number of carbonyl (C=O) groups excluding carboxylic acids is 3. The number of aryl methyl sites for hydroxylation is 1. The second-order valence-electron chi connectivity index (χ2n) is 7.45. The highest BCUT2D eigenvalue weighted by molar-refractivity contribution is 6.22. The fourth-order valence-corrected chi connectivity index (χ4v) is 2.67. The minimum absolute atomic E-state index is 0.0691. The van der Waals surface area contributed by atoms with E-state index in [0.717, 1.165) is 10.5 Å². The van der Waals surface area contributed by atoms with E-state index in [9.17, 15) is 24.3 Å². The molecule has 0 fully saturated rings. The van der Waals surface area contributed by atoms with Crippen LogP contribution in [0.25, 0.3) is 0 Å². The van der Waals surface area contributed by atoms with Crippen molar-refractivity contribution in [3.05, 3.63) is 34.9 Å². The molecule has 1 aliphatic rings. The number of carboxylic acids is 1. The smallest absolute Gasteiger partial charge is 0.326 e. The summed E-state index contributed by atoms with van der Waals surface area (Å²) >= 11 is 0. The fraction of sp³-hybridized carbons (Fsp3) is 0.474. The highest BCUT2D eigenvalue weighted by Gasteiger charge is 2.37. The van der Waals surface area contributed by atoms with Crippen molar-refractivity contribution in [2.75, 3.05) is 13.2 Å². The van der Waals surface area contributed by atoms with Crippen molar-refractivity contribution in [2.24, 2.45) is 0 Å². The Morgan fingerprint density at radius 3 is 2.41 bits per heavy atom. The summed E-state index contributed by atoms with van der Waals surface area (Å²) in [5, 5.41) is 11.6. The molecule has 1 unspecified atom stereocenters. The Bertz CT molecular complexity index is 781. The molecule has 0 spiro atoms. The van der Waals surface area contributed by atoms with Crippen molar-refractivity contribution >= 4 is 23.7 Å². The van der Waals surface area contributed by atoms with Gasteiger partial charge in [0, 0.05) is 13.0 Å². The molecule has 0 aliphatic carbocycles. The molecule has 1 aliphatic heterocycles. The number of amides is 3. The van der Waals surface area contributed by atoms with Gasteiger partial charge in [0.15, 0.2) is 0 Å². The van der Waals surface area contributed by atoms with Crippen LogP contribution in [0.4, 0.5) is 0 Å². The van der Waals surface area contributed by atoms with Crippen LogP contribution in [0.5, 0.6) is 0 Å².